The number of aliphatic hydroxyl groups is 1. The molecule has 8 nitrogen and oxygen atoms in total. The van der Waals surface area contributed by atoms with E-state index in [1.165, 1.54) is 29.2 Å². The highest BCUT2D eigenvalue weighted by Crippen LogP contribution is 2.25. The largest absolute Gasteiger partial charge is 0.490 e. The van der Waals surface area contributed by atoms with Crippen LogP contribution in [0.25, 0.3) is 10.8 Å². The molecule has 170 valence electrons. The Balaban J connectivity index is 1.62. The minimum absolute atomic E-state index is 0.0214. The molecule has 2 amide bonds. The fraction of sp³-hybridized carbons (Fsp3) is 0.261. The lowest BCUT2D eigenvalue weighted by molar-refractivity contribution is 0.0722. The number of carbonyl (C=O) groups is 1. The number of benzene rings is 3. The SMILES string of the molecule is CC(C)N(CC(O)COc1cccc2ccccc12)C(=O)Nc1ccc(S(N)(=O)=O)cc1. The van der Waals surface area contributed by atoms with E-state index >= 15 is 0 Å². The molecule has 1 unspecified atom stereocenters. The smallest absolute Gasteiger partial charge is 0.322 e. The van der Waals surface area contributed by atoms with Crippen molar-refractivity contribution in [3.05, 3.63) is 66.7 Å². The second kappa shape index (κ2) is 9.99. The van der Waals surface area contributed by atoms with Gasteiger partial charge < -0.3 is 20.1 Å². The Labute approximate surface area is 187 Å². The van der Waals surface area contributed by atoms with Crippen LogP contribution >= 0.6 is 0 Å². The van der Waals surface area contributed by atoms with Crippen LogP contribution in [0.4, 0.5) is 10.5 Å². The van der Waals surface area contributed by atoms with E-state index < -0.39 is 22.2 Å². The van der Waals surface area contributed by atoms with E-state index in [0.29, 0.717) is 11.4 Å². The van der Waals surface area contributed by atoms with Gasteiger partial charge in [-0.3, -0.25) is 0 Å². The molecule has 9 heteroatoms. The van der Waals surface area contributed by atoms with Gasteiger partial charge in [-0.25, -0.2) is 18.4 Å². The molecule has 0 aliphatic rings. The lowest BCUT2D eigenvalue weighted by Gasteiger charge is -2.29. The molecule has 0 radical (unpaired) electrons. The van der Waals surface area contributed by atoms with Crippen LogP contribution in [0.5, 0.6) is 5.75 Å². The van der Waals surface area contributed by atoms with Crippen LogP contribution in [0.2, 0.25) is 0 Å². The average molecular weight is 458 g/mol. The third-order valence-electron chi connectivity index (χ3n) is 4.91. The van der Waals surface area contributed by atoms with Crippen molar-refractivity contribution < 1.29 is 23.1 Å². The Morgan fingerprint density at radius 2 is 1.72 bits per heavy atom. The highest BCUT2D eigenvalue weighted by Gasteiger charge is 2.21. The number of hydrogen-bond donors (Lipinski definition) is 3. The Morgan fingerprint density at radius 1 is 1.06 bits per heavy atom. The normalized spacial score (nSPS) is 12.5. The third kappa shape index (κ3) is 5.97. The van der Waals surface area contributed by atoms with Crippen molar-refractivity contribution in [3.63, 3.8) is 0 Å². The fourth-order valence-electron chi connectivity index (χ4n) is 3.24. The number of carbonyl (C=O) groups excluding carboxylic acids is 1. The minimum atomic E-state index is -3.81. The van der Waals surface area contributed by atoms with Gasteiger partial charge in [0.1, 0.15) is 18.5 Å². The summed E-state index contributed by atoms with van der Waals surface area (Å²) in [4.78, 5) is 14.2. The first-order valence-electron chi connectivity index (χ1n) is 10.1. The number of hydrogen-bond acceptors (Lipinski definition) is 5. The van der Waals surface area contributed by atoms with Gasteiger partial charge in [-0.05, 0) is 49.6 Å². The van der Waals surface area contributed by atoms with Crippen LogP contribution in [0.1, 0.15) is 13.8 Å². The zero-order chi connectivity index (χ0) is 23.3. The quantitative estimate of drug-likeness (QED) is 0.480. The second-order valence-electron chi connectivity index (χ2n) is 7.69. The van der Waals surface area contributed by atoms with Crippen molar-refractivity contribution in [1.82, 2.24) is 4.90 Å². The van der Waals surface area contributed by atoms with Crippen LogP contribution in [0.15, 0.2) is 71.6 Å². The standard InChI is InChI=1S/C23H27N3O5S/c1-16(2)26(23(28)25-18-10-12-20(13-11-18)32(24,29)30)14-19(27)15-31-22-9-5-7-17-6-3-4-8-21(17)22/h3-13,16,19,27H,14-15H2,1-2H3,(H,25,28)(H2,24,29,30). The molecule has 0 heterocycles. The van der Waals surface area contributed by atoms with E-state index in [9.17, 15) is 18.3 Å². The van der Waals surface area contributed by atoms with Crippen molar-refractivity contribution in [2.24, 2.45) is 5.14 Å². The number of nitrogens with zero attached hydrogens (tertiary/aromatic N) is 1. The van der Waals surface area contributed by atoms with Gasteiger partial charge >= 0.3 is 6.03 Å². The summed E-state index contributed by atoms with van der Waals surface area (Å²) in [6.45, 7) is 3.75. The van der Waals surface area contributed by atoms with Crippen molar-refractivity contribution in [3.8, 4) is 5.75 Å². The Kier molecular flexibility index (Phi) is 7.34. The molecule has 32 heavy (non-hydrogen) atoms. The average Bonchev–Trinajstić information content (AvgIpc) is 2.75. The van der Waals surface area contributed by atoms with Crippen LogP contribution in [0.3, 0.4) is 0 Å². The Bertz CT molecular complexity index is 1170. The lowest BCUT2D eigenvalue weighted by Crippen LogP contribution is -2.45. The van der Waals surface area contributed by atoms with E-state index in [2.05, 4.69) is 5.32 Å². The predicted octanol–water partition coefficient (Wildman–Crippen LogP) is 3.17. The maximum absolute atomic E-state index is 12.7. The number of urea groups is 1. The van der Waals surface area contributed by atoms with Crippen LogP contribution in [-0.4, -0.2) is 49.8 Å². The molecular weight excluding hydrogens is 430 g/mol. The van der Waals surface area contributed by atoms with Crippen LogP contribution < -0.4 is 15.2 Å². The number of sulfonamides is 1. The zero-order valence-electron chi connectivity index (χ0n) is 17.9. The summed E-state index contributed by atoms with van der Waals surface area (Å²) in [5.74, 6) is 0.664. The first-order chi connectivity index (χ1) is 15.1. The highest BCUT2D eigenvalue weighted by atomic mass is 32.2. The molecule has 1 atom stereocenters. The number of anilines is 1. The Hall–Kier alpha value is -3.14. The molecule has 3 aromatic rings. The molecule has 0 bridgehead atoms. The molecule has 0 fully saturated rings. The molecule has 0 saturated heterocycles. The number of rotatable bonds is 8. The summed E-state index contributed by atoms with van der Waals surface area (Å²) in [5.41, 5.74) is 0.412. The molecular formula is C23H27N3O5S. The van der Waals surface area contributed by atoms with E-state index in [4.69, 9.17) is 9.88 Å². The molecule has 3 rings (SSSR count). The van der Waals surface area contributed by atoms with E-state index in [0.717, 1.165) is 10.8 Å². The zero-order valence-corrected chi connectivity index (χ0v) is 18.7. The first kappa shape index (κ1) is 23.5. The number of primary sulfonamides is 1. The lowest BCUT2D eigenvalue weighted by atomic mass is 10.1. The predicted molar refractivity (Wildman–Crippen MR) is 124 cm³/mol. The van der Waals surface area contributed by atoms with Gasteiger partial charge in [0, 0.05) is 17.1 Å². The number of aliphatic hydroxyl groups excluding tert-OH is 1. The van der Waals surface area contributed by atoms with Gasteiger partial charge in [0.15, 0.2) is 0 Å². The number of nitrogens with one attached hydrogen (secondary N) is 1. The summed E-state index contributed by atoms with van der Waals surface area (Å²) in [6, 6.07) is 18.4. The summed E-state index contributed by atoms with van der Waals surface area (Å²) in [5, 5.41) is 20.3. The molecule has 0 aliphatic carbocycles. The van der Waals surface area contributed by atoms with Gasteiger partial charge in [-0.15, -0.1) is 0 Å². The molecule has 0 aromatic heterocycles. The number of ether oxygens (including phenoxy) is 1. The Morgan fingerprint density at radius 3 is 2.38 bits per heavy atom. The molecule has 0 spiro atoms. The van der Waals surface area contributed by atoms with Crippen molar-refractivity contribution in [1.29, 1.82) is 0 Å². The number of nitrogens with two attached hydrogens (primary N) is 1. The second-order valence-corrected chi connectivity index (χ2v) is 9.25. The highest BCUT2D eigenvalue weighted by molar-refractivity contribution is 7.89. The van der Waals surface area contributed by atoms with Crippen LogP contribution in [0, 0.1) is 0 Å². The van der Waals surface area contributed by atoms with Crippen molar-refractivity contribution in [2.75, 3.05) is 18.5 Å². The number of amides is 2. The molecule has 0 aliphatic heterocycles. The summed E-state index contributed by atoms with van der Waals surface area (Å²) >= 11 is 0. The summed E-state index contributed by atoms with van der Waals surface area (Å²) < 4.78 is 28.6. The minimum Gasteiger partial charge on any atom is -0.490 e. The fourth-order valence-corrected chi connectivity index (χ4v) is 3.75. The monoisotopic (exact) mass is 457 g/mol. The topological polar surface area (TPSA) is 122 Å². The third-order valence-corrected chi connectivity index (χ3v) is 5.84. The van der Waals surface area contributed by atoms with E-state index in [1.54, 1.807) is 0 Å². The van der Waals surface area contributed by atoms with Crippen molar-refractivity contribution >= 4 is 32.5 Å². The maximum Gasteiger partial charge on any atom is 0.322 e. The number of fused-ring (bicyclic) bond motifs is 1. The van der Waals surface area contributed by atoms with Gasteiger partial charge in [-0.1, -0.05) is 36.4 Å². The molecule has 3 aromatic carbocycles. The first-order valence-corrected chi connectivity index (χ1v) is 11.7. The van der Waals surface area contributed by atoms with E-state index in [1.807, 2.05) is 56.3 Å². The van der Waals surface area contributed by atoms with E-state index in [-0.39, 0.29) is 24.1 Å². The summed E-state index contributed by atoms with van der Waals surface area (Å²) in [7, 11) is -3.81. The van der Waals surface area contributed by atoms with Gasteiger partial charge in [-0.2, -0.15) is 0 Å². The summed E-state index contributed by atoms with van der Waals surface area (Å²) in [6.07, 6.45) is -0.910. The van der Waals surface area contributed by atoms with Gasteiger partial charge in [0.2, 0.25) is 10.0 Å². The van der Waals surface area contributed by atoms with Crippen LogP contribution in [-0.2, 0) is 10.0 Å². The van der Waals surface area contributed by atoms with Gasteiger partial charge in [0.25, 0.3) is 0 Å². The van der Waals surface area contributed by atoms with Crippen molar-refractivity contribution in [2.45, 2.75) is 30.9 Å². The van der Waals surface area contributed by atoms with Gasteiger partial charge in [0.05, 0.1) is 11.4 Å². The maximum atomic E-state index is 12.7. The molecule has 4 N–H and O–H groups in total. The molecule has 0 saturated carbocycles.